The first-order valence-electron chi connectivity index (χ1n) is 9.71. The predicted molar refractivity (Wildman–Crippen MR) is 111 cm³/mol. The van der Waals surface area contributed by atoms with Gasteiger partial charge in [-0.1, -0.05) is 42.5 Å². The van der Waals surface area contributed by atoms with Gasteiger partial charge >= 0.3 is 0 Å². The Morgan fingerprint density at radius 1 is 1.10 bits per heavy atom. The zero-order valence-electron chi connectivity index (χ0n) is 16.0. The molecule has 1 saturated heterocycles. The molecule has 7 nitrogen and oxygen atoms in total. The molecule has 1 aromatic heterocycles. The molecule has 1 aliphatic rings. The van der Waals surface area contributed by atoms with Crippen LogP contribution in [0.3, 0.4) is 0 Å². The van der Waals surface area contributed by atoms with Crippen molar-refractivity contribution in [3.63, 3.8) is 0 Å². The van der Waals surface area contributed by atoms with Crippen molar-refractivity contribution in [3.05, 3.63) is 71.6 Å². The van der Waals surface area contributed by atoms with Crippen LogP contribution in [0.25, 0.3) is 11.5 Å². The SMILES string of the molecule is O=S(O)NCc1cccc(C2CCN(Cc3nnc(-c4ccccc4)o3)CC2)c1. The van der Waals surface area contributed by atoms with Gasteiger partial charge in [0.25, 0.3) is 0 Å². The summed E-state index contributed by atoms with van der Waals surface area (Å²) >= 11 is -1.99. The third-order valence-corrected chi connectivity index (χ3v) is 5.65. The van der Waals surface area contributed by atoms with E-state index in [1.165, 1.54) is 5.56 Å². The van der Waals surface area contributed by atoms with Crippen LogP contribution < -0.4 is 4.72 Å². The number of benzene rings is 2. The summed E-state index contributed by atoms with van der Waals surface area (Å²) in [4.78, 5) is 2.35. The Balaban J connectivity index is 1.31. The molecule has 0 radical (unpaired) electrons. The van der Waals surface area contributed by atoms with Gasteiger partial charge in [-0.15, -0.1) is 10.2 Å². The molecule has 0 bridgehead atoms. The summed E-state index contributed by atoms with van der Waals surface area (Å²) in [7, 11) is 0. The van der Waals surface area contributed by atoms with Crippen LogP contribution >= 0.6 is 0 Å². The zero-order valence-corrected chi connectivity index (χ0v) is 16.8. The van der Waals surface area contributed by atoms with E-state index in [9.17, 15) is 4.21 Å². The van der Waals surface area contributed by atoms with Gasteiger partial charge < -0.3 is 4.42 Å². The molecule has 8 heteroatoms. The summed E-state index contributed by atoms with van der Waals surface area (Å²) in [5.74, 6) is 1.70. The van der Waals surface area contributed by atoms with Gasteiger partial charge in [0.15, 0.2) is 0 Å². The van der Waals surface area contributed by atoms with Crippen molar-refractivity contribution in [2.24, 2.45) is 0 Å². The number of hydrogen-bond acceptors (Lipinski definition) is 5. The molecule has 1 unspecified atom stereocenters. The lowest BCUT2D eigenvalue weighted by atomic mass is 9.88. The Labute approximate surface area is 172 Å². The fourth-order valence-corrected chi connectivity index (χ4v) is 4.02. The summed E-state index contributed by atoms with van der Waals surface area (Å²) in [6.45, 7) is 2.99. The van der Waals surface area contributed by atoms with Gasteiger partial charge in [0.2, 0.25) is 23.0 Å². The lowest BCUT2D eigenvalue weighted by Gasteiger charge is -2.31. The van der Waals surface area contributed by atoms with Gasteiger partial charge in [0, 0.05) is 12.1 Å². The molecule has 0 aliphatic carbocycles. The fourth-order valence-electron chi connectivity index (χ4n) is 3.73. The molecule has 1 aliphatic heterocycles. The van der Waals surface area contributed by atoms with E-state index in [1.54, 1.807) is 0 Å². The summed E-state index contributed by atoms with van der Waals surface area (Å²) in [6.07, 6.45) is 2.12. The number of piperidine rings is 1. The van der Waals surface area contributed by atoms with Gasteiger partial charge in [-0.05, 0) is 55.1 Å². The first-order chi connectivity index (χ1) is 14.2. The topological polar surface area (TPSA) is 91.5 Å². The van der Waals surface area contributed by atoms with Crippen molar-refractivity contribution in [1.82, 2.24) is 19.8 Å². The van der Waals surface area contributed by atoms with Gasteiger partial charge in [-0.2, -0.15) is 0 Å². The van der Waals surface area contributed by atoms with Gasteiger partial charge in [-0.25, -0.2) is 8.93 Å². The van der Waals surface area contributed by atoms with Crippen LogP contribution in [0, 0.1) is 0 Å². The third-order valence-electron chi connectivity index (χ3n) is 5.26. The monoisotopic (exact) mass is 412 g/mol. The second kappa shape index (κ2) is 9.41. The average molecular weight is 413 g/mol. The largest absolute Gasteiger partial charge is 0.419 e. The van der Waals surface area contributed by atoms with E-state index >= 15 is 0 Å². The molecular formula is C21H24N4O3S. The number of rotatable bonds is 7. The highest BCUT2D eigenvalue weighted by Gasteiger charge is 2.22. The molecule has 0 spiro atoms. The first kappa shape index (κ1) is 19.9. The number of likely N-dealkylation sites (tertiary alicyclic amines) is 1. The minimum absolute atomic E-state index is 0.386. The number of aromatic nitrogens is 2. The molecule has 0 saturated carbocycles. The maximum atomic E-state index is 10.8. The zero-order chi connectivity index (χ0) is 20.1. The van der Waals surface area contributed by atoms with Crippen molar-refractivity contribution in [2.75, 3.05) is 13.1 Å². The van der Waals surface area contributed by atoms with E-state index in [2.05, 4.69) is 32.0 Å². The van der Waals surface area contributed by atoms with Crippen molar-refractivity contribution in [3.8, 4) is 11.5 Å². The summed E-state index contributed by atoms with van der Waals surface area (Å²) < 4.78 is 28.1. The Morgan fingerprint density at radius 3 is 2.66 bits per heavy atom. The van der Waals surface area contributed by atoms with E-state index in [-0.39, 0.29) is 0 Å². The van der Waals surface area contributed by atoms with Crippen LogP contribution in [-0.4, -0.2) is 36.9 Å². The first-order valence-corrected chi connectivity index (χ1v) is 10.8. The van der Waals surface area contributed by atoms with Crippen molar-refractivity contribution >= 4 is 11.3 Å². The molecule has 4 rings (SSSR count). The molecule has 1 fully saturated rings. The molecule has 29 heavy (non-hydrogen) atoms. The molecule has 152 valence electrons. The average Bonchev–Trinajstić information content (AvgIpc) is 3.22. The molecule has 0 amide bonds. The van der Waals surface area contributed by atoms with Crippen LogP contribution in [0.5, 0.6) is 0 Å². The number of nitrogens with zero attached hydrogens (tertiary/aromatic N) is 3. The van der Waals surface area contributed by atoms with E-state index in [1.807, 2.05) is 42.5 Å². The van der Waals surface area contributed by atoms with Gasteiger partial charge in [0.05, 0.1) is 6.54 Å². The van der Waals surface area contributed by atoms with Crippen LogP contribution in [0.2, 0.25) is 0 Å². The summed E-state index contributed by atoms with van der Waals surface area (Å²) in [6, 6.07) is 18.1. The molecule has 3 aromatic rings. The Morgan fingerprint density at radius 2 is 1.90 bits per heavy atom. The maximum Gasteiger partial charge on any atom is 0.247 e. The number of hydrogen-bond donors (Lipinski definition) is 2. The highest BCUT2D eigenvalue weighted by Crippen LogP contribution is 2.29. The second-order valence-electron chi connectivity index (χ2n) is 7.23. The Bertz CT molecular complexity index is 955. The minimum Gasteiger partial charge on any atom is -0.419 e. The maximum absolute atomic E-state index is 10.8. The number of nitrogens with one attached hydrogen (secondary N) is 1. The lowest BCUT2D eigenvalue weighted by Crippen LogP contribution is -2.32. The van der Waals surface area contributed by atoms with Crippen molar-refractivity contribution < 1.29 is 13.2 Å². The van der Waals surface area contributed by atoms with Gasteiger partial charge in [0.1, 0.15) is 0 Å². The second-order valence-corrected chi connectivity index (χ2v) is 8.02. The molecule has 1 atom stereocenters. The normalized spacial score (nSPS) is 16.7. The fraction of sp³-hybridized carbons (Fsp3) is 0.333. The molecular weight excluding hydrogens is 388 g/mol. The molecule has 2 heterocycles. The van der Waals surface area contributed by atoms with Crippen LogP contribution in [0.15, 0.2) is 59.0 Å². The van der Waals surface area contributed by atoms with E-state index in [0.717, 1.165) is 37.1 Å². The minimum atomic E-state index is -1.99. The molecule has 2 N–H and O–H groups in total. The molecule has 2 aromatic carbocycles. The quantitative estimate of drug-likeness (QED) is 0.579. The van der Waals surface area contributed by atoms with E-state index in [0.29, 0.717) is 30.8 Å². The standard InChI is InChI=1S/C21H24N4O3S/c26-29(27)22-14-16-5-4-8-19(13-16)17-9-11-25(12-10-17)15-20-23-24-21(28-20)18-6-2-1-3-7-18/h1-8,13,17,22H,9-12,14-15H2,(H,26,27). The predicted octanol–water partition coefficient (Wildman–Crippen LogP) is 3.34. The van der Waals surface area contributed by atoms with Crippen LogP contribution in [0.4, 0.5) is 0 Å². The highest BCUT2D eigenvalue weighted by molar-refractivity contribution is 7.77. The van der Waals surface area contributed by atoms with E-state index < -0.39 is 11.3 Å². The summed E-state index contributed by atoms with van der Waals surface area (Å²) in [5, 5.41) is 8.36. The highest BCUT2D eigenvalue weighted by atomic mass is 32.2. The third kappa shape index (κ3) is 5.36. The summed E-state index contributed by atoms with van der Waals surface area (Å²) in [5.41, 5.74) is 3.24. The Kier molecular flexibility index (Phi) is 6.46. The van der Waals surface area contributed by atoms with Crippen molar-refractivity contribution in [1.29, 1.82) is 0 Å². The Hall–Kier alpha value is -2.39. The van der Waals surface area contributed by atoms with Gasteiger partial charge in [-0.3, -0.25) is 9.45 Å². The smallest absolute Gasteiger partial charge is 0.247 e. The van der Waals surface area contributed by atoms with E-state index in [4.69, 9.17) is 8.97 Å². The van der Waals surface area contributed by atoms with Crippen molar-refractivity contribution in [2.45, 2.75) is 31.8 Å². The lowest BCUT2D eigenvalue weighted by molar-refractivity contribution is 0.188. The van der Waals surface area contributed by atoms with Crippen LogP contribution in [0.1, 0.15) is 35.8 Å². The van der Waals surface area contributed by atoms with Crippen LogP contribution in [-0.2, 0) is 24.4 Å².